The zero-order valence-corrected chi connectivity index (χ0v) is 13.8. The molecule has 0 fully saturated rings. The van der Waals surface area contributed by atoms with Gasteiger partial charge in [-0.25, -0.2) is 9.59 Å². The van der Waals surface area contributed by atoms with Crippen molar-refractivity contribution in [1.82, 2.24) is 0 Å². The Labute approximate surface area is 145 Å². The Morgan fingerprint density at radius 1 is 0.920 bits per heavy atom. The van der Waals surface area contributed by atoms with Gasteiger partial charge in [-0.05, 0) is 35.6 Å². The van der Waals surface area contributed by atoms with Crippen molar-refractivity contribution in [2.45, 2.75) is 37.9 Å². The van der Waals surface area contributed by atoms with Gasteiger partial charge in [-0.1, -0.05) is 48.9 Å². The van der Waals surface area contributed by atoms with Gasteiger partial charge in [0.25, 0.3) is 0 Å². The quantitative estimate of drug-likeness (QED) is 0.571. The fourth-order valence-electron chi connectivity index (χ4n) is 2.64. The van der Waals surface area contributed by atoms with Crippen molar-refractivity contribution < 1.29 is 29.6 Å². The van der Waals surface area contributed by atoms with Crippen LogP contribution in [0.4, 0.5) is 0 Å². The number of hydrogen-bond donors (Lipinski definition) is 3. The summed E-state index contributed by atoms with van der Waals surface area (Å²) in [5, 5.41) is 29.2. The molecular formula is C19H22O6. The van der Waals surface area contributed by atoms with Gasteiger partial charge in [0.05, 0.1) is 0 Å². The molecule has 0 aliphatic heterocycles. The Balaban J connectivity index is 1.71. The van der Waals surface area contributed by atoms with E-state index in [2.05, 4.69) is 30.3 Å². The fourth-order valence-corrected chi connectivity index (χ4v) is 2.64. The number of hydrogen-bond acceptors (Lipinski definition) is 4. The molecule has 0 aromatic heterocycles. The number of carbonyl (C=O) groups is 2. The molecule has 0 bridgehead atoms. The van der Waals surface area contributed by atoms with Crippen LogP contribution in [-0.4, -0.2) is 46.1 Å². The number of benzene rings is 2. The second-order valence-corrected chi connectivity index (χ2v) is 5.90. The maximum atomic E-state index is 10.9. The van der Waals surface area contributed by atoms with E-state index in [0.717, 1.165) is 19.3 Å². The van der Waals surface area contributed by atoms with Gasteiger partial charge in [-0.2, -0.15) is 0 Å². The van der Waals surface area contributed by atoms with E-state index >= 15 is 0 Å². The van der Waals surface area contributed by atoms with E-state index in [-0.39, 0.29) is 6.61 Å². The van der Waals surface area contributed by atoms with Gasteiger partial charge >= 0.3 is 11.9 Å². The Morgan fingerprint density at radius 3 is 2.32 bits per heavy atom. The Hall–Kier alpha value is -2.44. The molecule has 2 rings (SSSR count). The van der Waals surface area contributed by atoms with Crippen LogP contribution >= 0.6 is 0 Å². The minimum atomic E-state index is -2.06. The van der Waals surface area contributed by atoms with E-state index < -0.39 is 24.1 Å². The summed E-state index contributed by atoms with van der Waals surface area (Å²) in [6.45, 7) is 0.0963. The number of aliphatic hydroxyl groups is 1. The number of ether oxygens (including phenoxy) is 1. The average Bonchev–Trinajstić information content (AvgIpc) is 2.60. The van der Waals surface area contributed by atoms with Crippen LogP contribution in [0.25, 0.3) is 10.8 Å². The zero-order chi connectivity index (χ0) is 18.2. The molecule has 0 radical (unpaired) electrons. The second-order valence-electron chi connectivity index (χ2n) is 5.90. The molecule has 0 saturated carbocycles. The zero-order valence-electron chi connectivity index (χ0n) is 13.8. The number of aryl methyl sites for hydroxylation is 1. The van der Waals surface area contributed by atoms with Gasteiger partial charge in [-0.3, -0.25) is 0 Å². The number of carboxylic acids is 2. The lowest BCUT2D eigenvalue weighted by Gasteiger charge is -2.16. The number of carboxylic acid groups (broad SMARTS) is 2. The smallest absolute Gasteiger partial charge is 0.336 e. The summed E-state index contributed by atoms with van der Waals surface area (Å²) in [6, 6.07) is 14.5. The van der Waals surface area contributed by atoms with Crippen molar-refractivity contribution in [2.24, 2.45) is 0 Å². The van der Waals surface area contributed by atoms with Crippen LogP contribution in [-0.2, 0) is 20.7 Å². The highest BCUT2D eigenvalue weighted by Gasteiger charge is 2.32. The van der Waals surface area contributed by atoms with Crippen LogP contribution in [0.2, 0.25) is 0 Å². The molecule has 6 heteroatoms. The second kappa shape index (κ2) is 9.15. The highest BCUT2D eigenvalue weighted by atomic mass is 16.5. The topological polar surface area (TPSA) is 104 Å². The highest BCUT2D eigenvalue weighted by molar-refractivity contribution is 5.83. The highest BCUT2D eigenvalue weighted by Crippen LogP contribution is 2.17. The lowest BCUT2D eigenvalue weighted by atomic mass is 10.0. The summed E-state index contributed by atoms with van der Waals surface area (Å²) < 4.78 is 5.01. The molecule has 2 atom stereocenters. The van der Waals surface area contributed by atoms with Crippen LogP contribution in [0, 0.1) is 0 Å². The number of unbranched alkanes of at least 4 members (excludes halogenated alkanes) is 2. The van der Waals surface area contributed by atoms with Crippen molar-refractivity contribution in [1.29, 1.82) is 0 Å². The van der Waals surface area contributed by atoms with Crippen LogP contribution in [0.15, 0.2) is 42.5 Å². The molecule has 0 aliphatic carbocycles. The van der Waals surface area contributed by atoms with Crippen molar-refractivity contribution in [3.63, 3.8) is 0 Å². The first-order valence-corrected chi connectivity index (χ1v) is 8.22. The van der Waals surface area contributed by atoms with Crippen molar-refractivity contribution >= 4 is 22.7 Å². The van der Waals surface area contributed by atoms with E-state index in [9.17, 15) is 14.7 Å². The standard InChI is InChI=1S/C19H22O6/c20-16(18(21)22)17(19(23)24)25-11-5-1-2-6-13-9-10-14-7-3-4-8-15(14)12-13/h3-4,7-10,12,16-17,20H,1-2,5-6,11H2,(H,21,22)(H,23,24)/t16-,17-/m1/s1. The van der Waals surface area contributed by atoms with Crippen molar-refractivity contribution in [3.8, 4) is 0 Å². The van der Waals surface area contributed by atoms with E-state index in [0.29, 0.717) is 6.42 Å². The first-order chi connectivity index (χ1) is 12.0. The summed E-state index contributed by atoms with van der Waals surface area (Å²) in [5.74, 6) is -3.09. The molecule has 2 aromatic carbocycles. The average molecular weight is 346 g/mol. The molecule has 0 heterocycles. The Bertz CT molecular complexity index is 727. The molecule has 25 heavy (non-hydrogen) atoms. The van der Waals surface area contributed by atoms with Crippen molar-refractivity contribution in [2.75, 3.05) is 6.61 Å². The predicted octanol–water partition coefficient (Wildman–Crippen LogP) is 2.47. The third-order valence-electron chi connectivity index (χ3n) is 4.00. The Morgan fingerprint density at radius 2 is 1.64 bits per heavy atom. The van der Waals surface area contributed by atoms with E-state index in [1.54, 1.807) is 0 Å². The molecular weight excluding hydrogens is 324 g/mol. The Kier molecular flexibility index (Phi) is 6.91. The predicted molar refractivity (Wildman–Crippen MR) is 92.5 cm³/mol. The number of aliphatic carboxylic acids is 2. The first kappa shape index (κ1) is 18.9. The molecule has 0 spiro atoms. The van der Waals surface area contributed by atoms with Crippen LogP contribution in [0.5, 0.6) is 0 Å². The van der Waals surface area contributed by atoms with Crippen LogP contribution < -0.4 is 0 Å². The molecule has 134 valence electrons. The first-order valence-electron chi connectivity index (χ1n) is 8.22. The summed E-state index contributed by atoms with van der Waals surface area (Å²) in [6.07, 6.45) is -0.550. The fraction of sp³-hybridized carbons (Fsp3) is 0.368. The van der Waals surface area contributed by atoms with Crippen LogP contribution in [0.3, 0.4) is 0 Å². The molecule has 0 amide bonds. The van der Waals surface area contributed by atoms with Gasteiger partial charge in [0, 0.05) is 6.61 Å². The maximum absolute atomic E-state index is 10.9. The third-order valence-corrected chi connectivity index (χ3v) is 4.00. The molecule has 0 saturated heterocycles. The molecule has 3 N–H and O–H groups in total. The molecule has 0 unspecified atom stereocenters. The van der Waals surface area contributed by atoms with E-state index in [4.69, 9.17) is 14.9 Å². The summed E-state index contributed by atoms with van der Waals surface area (Å²) in [5.41, 5.74) is 1.24. The van der Waals surface area contributed by atoms with Gasteiger partial charge in [-0.15, -0.1) is 0 Å². The minimum Gasteiger partial charge on any atom is -0.479 e. The normalized spacial score (nSPS) is 13.5. The number of rotatable bonds is 10. The van der Waals surface area contributed by atoms with E-state index in [1.165, 1.54) is 16.3 Å². The lowest BCUT2D eigenvalue weighted by Crippen LogP contribution is -2.41. The van der Waals surface area contributed by atoms with E-state index in [1.807, 2.05) is 12.1 Å². The number of fused-ring (bicyclic) bond motifs is 1. The largest absolute Gasteiger partial charge is 0.479 e. The summed E-state index contributed by atoms with van der Waals surface area (Å²) >= 11 is 0. The van der Waals surface area contributed by atoms with Crippen LogP contribution in [0.1, 0.15) is 24.8 Å². The van der Waals surface area contributed by atoms with Crippen molar-refractivity contribution in [3.05, 3.63) is 48.0 Å². The van der Waals surface area contributed by atoms with Gasteiger partial charge in [0.15, 0.2) is 12.2 Å². The monoisotopic (exact) mass is 346 g/mol. The molecule has 2 aromatic rings. The third kappa shape index (κ3) is 5.55. The summed E-state index contributed by atoms with van der Waals surface area (Å²) in [7, 11) is 0. The van der Waals surface area contributed by atoms with Gasteiger partial charge < -0.3 is 20.1 Å². The lowest BCUT2D eigenvalue weighted by molar-refractivity contribution is -0.171. The maximum Gasteiger partial charge on any atom is 0.336 e. The molecule has 6 nitrogen and oxygen atoms in total. The van der Waals surface area contributed by atoms with Gasteiger partial charge in [0.1, 0.15) is 0 Å². The minimum absolute atomic E-state index is 0.0963. The molecule has 0 aliphatic rings. The SMILES string of the molecule is O=C(O)[C@H](O)[C@@H](OCCCCCc1ccc2ccccc2c1)C(=O)O. The summed E-state index contributed by atoms with van der Waals surface area (Å²) in [4.78, 5) is 21.5. The van der Waals surface area contributed by atoms with Gasteiger partial charge in [0.2, 0.25) is 0 Å². The number of aliphatic hydroxyl groups excluding tert-OH is 1.